The number of Topliss-reactive ketones (excluding diaryl/α,β-unsaturated/α-hetero) is 1. The second-order valence-corrected chi connectivity index (χ2v) is 7.50. The number of aryl methyl sites for hydroxylation is 1. The predicted molar refractivity (Wildman–Crippen MR) is 107 cm³/mol. The van der Waals surface area contributed by atoms with Crippen LogP contribution < -0.4 is 5.32 Å². The van der Waals surface area contributed by atoms with Crippen LogP contribution in [0.5, 0.6) is 0 Å². The number of hydrogen-bond acceptors (Lipinski definition) is 4. The highest BCUT2D eigenvalue weighted by atomic mass is 19.1. The average molecular weight is 381 g/mol. The van der Waals surface area contributed by atoms with Crippen molar-refractivity contribution in [3.05, 3.63) is 54.1 Å². The molecule has 2 aromatic carbocycles. The van der Waals surface area contributed by atoms with Gasteiger partial charge in [0.2, 0.25) is 0 Å². The fraction of sp³-hybridized carbons (Fsp3) is 0.364. The van der Waals surface area contributed by atoms with Crippen LogP contribution >= 0.6 is 0 Å². The molecule has 1 saturated heterocycles. The second kappa shape index (κ2) is 7.81. The van der Waals surface area contributed by atoms with Gasteiger partial charge in [-0.25, -0.2) is 9.37 Å². The second-order valence-electron chi connectivity index (χ2n) is 7.50. The highest BCUT2D eigenvalue weighted by Crippen LogP contribution is 2.29. The molecule has 1 fully saturated rings. The Morgan fingerprint density at radius 3 is 3.00 bits per heavy atom. The molecule has 6 heteroatoms. The summed E-state index contributed by atoms with van der Waals surface area (Å²) in [6, 6.07) is 10.2. The molecule has 2 N–H and O–H groups in total. The van der Waals surface area contributed by atoms with Crippen molar-refractivity contribution in [1.82, 2.24) is 14.9 Å². The van der Waals surface area contributed by atoms with Gasteiger partial charge in [0.05, 0.1) is 30.0 Å². The Kier molecular flexibility index (Phi) is 5.24. The van der Waals surface area contributed by atoms with Crippen LogP contribution in [0.4, 0.5) is 4.39 Å². The molecule has 0 unspecified atom stereocenters. The number of carbonyl (C=O) groups excluding carboxylic acids is 1. The van der Waals surface area contributed by atoms with Crippen LogP contribution in [0.3, 0.4) is 0 Å². The molecule has 2 heterocycles. The average Bonchev–Trinajstić information content (AvgIpc) is 3.07. The minimum absolute atomic E-state index is 0.0598. The molecule has 0 radical (unpaired) electrons. The van der Waals surface area contributed by atoms with Gasteiger partial charge in [-0.15, -0.1) is 0 Å². The normalized spacial score (nSPS) is 19.8. The molecule has 0 saturated carbocycles. The molecule has 28 heavy (non-hydrogen) atoms. The number of rotatable bonds is 5. The summed E-state index contributed by atoms with van der Waals surface area (Å²) in [4.78, 5) is 17.0. The molecular formula is C22H24FN3O2. The molecule has 5 nitrogen and oxygen atoms in total. The number of halogens is 1. The van der Waals surface area contributed by atoms with E-state index in [0.29, 0.717) is 6.42 Å². The van der Waals surface area contributed by atoms with Gasteiger partial charge in [0, 0.05) is 12.5 Å². The van der Waals surface area contributed by atoms with E-state index >= 15 is 0 Å². The number of fused-ring (bicyclic) bond motifs is 1. The van der Waals surface area contributed by atoms with Crippen LogP contribution in [0, 0.1) is 12.7 Å². The Hall–Kier alpha value is -2.57. The number of nitrogens with one attached hydrogen (secondary N) is 1. The minimum atomic E-state index is -0.465. The number of ketones is 1. The first kappa shape index (κ1) is 18.8. The Labute approximate surface area is 163 Å². The Balaban J connectivity index is 1.56. The Morgan fingerprint density at radius 1 is 1.36 bits per heavy atom. The summed E-state index contributed by atoms with van der Waals surface area (Å²) < 4.78 is 15.4. The molecule has 3 aromatic rings. The van der Waals surface area contributed by atoms with Crippen molar-refractivity contribution < 1.29 is 14.3 Å². The monoisotopic (exact) mass is 381 g/mol. The van der Waals surface area contributed by atoms with Crippen molar-refractivity contribution in [2.45, 2.75) is 44.9 Å². The summed E-state index contributed by atoms with van der Waals surface area (Å²) in [6.07, 6.45) is 3.19. The number of benzene rings is 2. The maximum Gasteiger partial charge on any atom is 0.154 e. The van der Waals surface area contributed by atoms with Gasteiger partial charge in [-0.1, -0.05) is 18.2 Å². The number of nitrogens with zero attached hydrogens (tertiary/aromatic N) is 2. The topological polar surface area (TPSA) is 67.2 Å². The van der Waals surface area contributed by atoms with Gasteiger partial charge in [-0.05, 0) is 61.2 Å². The molecule has 1 aliphatic heterocycles. The molecule has 0 amide bonds. The summed E-state index contributed by atoms with van der Waals surface area (Å²) in [5, 5.41) is 13.3. The highest BCUT2D eigenvalue weighted by Gasteiger charge is 2.25. The molecule has 0 spiro atoms. The van der Waals surface area contributed by atoms with Gasteiger partial charge in [0.1, 0.15) is 5.82 Å². The number of piperidine rings is 1. The van der Waals surface area contributed by atoms with Gasteiger partial charge in [0.15, 0.2) is 5.78 Å². The van der Waals surface area contributed by atoms with Gasteiger partial charge < -0.3 is 15.0 Å². The molecule has 146 valence electrons. The van der Waals surface area contributed by atoms with Crippen LogP contribution in [0.1, 0.15) is 24.8 Å². The maximum atomic E-state index is 13.6. The van der Waals surface area contributed by atoms with Crippen molar-refractivity contribution in [2.75, 3.05) is 6.54 Å². The van der Waals surface area contributed by atoms with Crippen molar-refractivity contribution >= 4 is 16.8 Å². The number of imidazole rings is 1. The summed E-state index contributed by atoms with van der Waals surface area (Å²) in [7, 11) is 0. The SMILES string of the molecule is Cc1c(-c2cccc(F)c2)ccc2c1ncn2CC(=O)C[C@H]1NCCC[C@@H]1O. The highest BCUT2D eigenvalue weighted by molar-refractivity contribution is 5.88. The lowest BCUT2D eigenvalue weighted by Crippen LogP contribution is -2.46. The van der Waals surface area contributed by atoms with Crippen molar-refractivity contribution in [3.8, 4) is 11.1 Å². The van der Waals surface area contributed by atoms with Gasteiger partial charge in [0.25, 0.3) is 0 Å². The van der Waals surface area contributed by atoms with Gasteiger partial charge in [-0.2, -0.15) is 0 Å². The van der Waals surface area contributed by atoms with E-state index < -0.39 is 6.10 Å². The molecule has 0 bridgehead atoms. The zero-order valence-electron chi connectivity index (χ0n) is 15.9. The number of carbonyl (C=O) groups is 1. The standard InChI is InChI=1S/C22H24FN3O2/c1-14-18(15-4-2-5-16(23)10-15)7-8-20-22(14)25-13-26(20)12-17(27)11-19-21(28)6-3-9-24-19/h2,4-5,7-8,10,13,19,21,24,28H,3,6,9,11-12H2,1H3/t19-,21+/m1/s1. The van der Waals surface area contributed by atoms with E-state index in [9.17, 15) is 14.3 Å². The maximum absolute atomic E-state index is 13.6. The lowest BCUT2D eigenvalue weighted by molar-refractivity contribution is -0.121. The van der Waals surface area contributed by atoms with E-state index in [0.717, 1.165) is 47.1 Å². The fourth-order valence-electron chi connectivity index (χ4n) is 4.01. The first-order valence-electron chi connectivity index (χ1n) is 9.66. The van der Waals surface area contributed by atoms with Crippen molar-refractivity contribution in [1.29, 1.82) is 0 Å². The lowest BCUT2D eigenvalue weighted by Gasteiger charge is -2.28. The third-order valence-corrected chi connectivity index (χ3v) is 5.52. The Morgan fingerprint density at radius 2 is 2.21 bits per heavy atom. The summed E-state index contributed by atoms with van der Waals surface area (Å²) >= 11 is 0. The van der Waals surface area contributed by atoms with Crippen molar-refractivity contribution in [3.63, 3.8) is 0 Å². The van der Waals surface area contributed by atoms with E-state index in [2.05, 4.69) is 10.3 Å². The molecular weight excluding hydrogens is 357 g/mol. The Bertz CT molecular complexity index is 1010. The van der Waals surface area contributed by atoms with Crippen molar-refractivity contribution in [2.24, 2.45) is 0 Å². The van der Waals surface area contributed by atoms with E-state index in [-0.39, 0.29) is 24.2 Å². The van der Waals surface area contributed by atoms with E-state index in [1.807, 2.05) is 29.7 Å². The zero-order chi connectivity index (χ0) is 19.7. The smallest absolute Gasteiger partial charge is 0.154 e. The number of aromatic nitrogens is 2. The molecule has 4 rings (SSSR count). The quantitative estimate of drug-likeness (QED) is 0.712. The predicted octanol–water partition coefficient (Wildman–Crippen LogP) is 3.22. The molecule has 1 aliphatic rings. The third kappa shape index (κ3) is 3.70. The van der Waals surface area contributed by atoms with Crippen LogP contribution in [-0.4, -0.2) is 39.1 Å². The van der Waals surface area contributed by atoms with Gasteiger partial charge >= 0.3 is 0 Å². The van der Waals surface area contributed by atoms with E-state index in [1.165, 1.54) is 12.1 Å². The first-order chi connectivity index (χ1) is 13.5. The third-order valence-electron chi connectivity index (χ3n) is 5.52. The minimum Gasteiger partial charge on any atom is -0.391 e. The molecule has 1 aromatic heterocycles. The van der Waals surface area contributed by atoms with E-state index in [1.54, 1.807) is 12.4 Å². The number of aliphatic hydroxyl groups excluding tert-OH is 1. The largest absolute Gasteiger partial charge is 0.391 e. The summed E-state index contributed by atoms with van der Waals surface area (Å²) in [5.74, 6) is -0.212. The van der Waals surface area contributed by atoms with Crippen LogP contribution in [0.2, 0.25) is 0 Å². The fourth-order valence-corrected chi connectivity index (χ4v) is 4.01. The summed E-state index contributed by atoms with van der Waals surface area (Å²) in [6.45, 7) is 3.02. The van der Waals surface area contributed by atoms with E-state index in [4.69, 9.17) is 0 Å². The summed E-state index contributed by atoms with van der Waals surface area (Å²) in [5.41, 5.74) is 4.38. The van der Waals surface area contributed by atoms with Crippen LogP contribution in [0.25, 0.3) is 22.2 Å². The van der Waals surface area contributed by atoms with Crippen LogP contribution in [0.15, 0.2) is 42.7 Å². The van der Waals surface area contributed by atoms with Crippen LogP contribution in [-0.2, 0) is 11.3 Å². The number of aliphatic hydroxyl groups is 1. The first-order valence-corrected chi connectivity index (χ1v) is 9.66. The lowest BCUT2D eigenvalue weighted by atomic mass is 9.97. The molecule has 2 atom stereocenters. The zero-order valence-corrected chi connectivity index (χ0v) is 15.9. The van der Waals surface area contributed by atoms with Gasteiger partial charge in [-0.3, -0.25) is 4.79 Å². The number of hydrogen-bond donors (Lipinski definition) is 2. The molecule has 0 aliphatic carbocycles.